The summed E-state index contributed by atoms with van der Waals surface area (Å²) < 4.78 is 161. The van der Waals surface area contributed by atoms with Crippen molar-refractivity contribution in [2.75, 3.05) is 111 Å². The average molecular weight is 2030 g/mol. The van der Waals surface area contributed by atoms with Crippen LogP contribution in [0, 0.1) is 41.4 Å². The van der Waals surface area contributed by atoms with Gasteiger partial charge in [0.1, 0.15) is 11.2 Å². The fourth-order valence-corrected chi connectivity index (χ4v) is 21.0. The molecule has 12 fully saturated rings. The minimum absolute atomic E-state index is 0.0427. The predicted molar refractivity (Wildman–Crippen MR) is 511 cm³/mol. The highest BCUT2D eigenvalue weighted by molar-refractivity contribution is 9.08. The maximum Gasteiger partial charge on any atom is 0.416 e. The molecule has 0 spiro atoms. The minimum Gasteiger partial charge on any atom is -0.444 e. The number of rotatable bonds is 13. The van der Waals surface area contributed by atoms with Crippen molar-refractivity contribution < 1.29 is 101 Å². The molecule has 8 unspecified atom stereocenters. The number of benzene rings is 4. The number of carbonyl (C=O) groups excluding carboxylic acids is 8. The Hall–Kier alpha value is -9.35. The van der Waals surface area contributed by atoms with Gasteiger partial charge in [-0.15, -0.1) is 0 Å². The van der Waals surface area contributed by atoms with E-state index in [9.17, 15) is 91.0 Å². The average Bonchev–Trinajstić information content (AvgIpc) is 1.66. The maximum absolute atomic E-state index is 12.7. The summed E-state index contributed by atoms with van der Waals surface area (Å²) in [7, 11) is 0. The number of nitrogens with zero attached hydrogens (tertiary/aromatic N) is 10. The Bertz CT molecular complexity index is 4470. The van der Waals surface area contributed by atoms with Crippen LogP contribution in [0.5, 0.6) is 0 Å². The summed E-state index contributed by atoms with van der Waals surface area (Å²) in [4.78, 5) is 112. The Balaban J connectivity index is 0.000000181. The fourth-order valence-electron chi connectivity index (χ4n) is 20.6. The molecule has 21 nitrogen and oxygen atoms in total. The summed E-state index contributed by atoms with van der Waals surface area (Å²) in [5.74, 6) is 3.83. The second kappa shape index (κ2) is 50.9. The van der Waals surface area contributed by atoms with Crippen LogP contribution in [0.1, 0.15) is 176 Å². The van der Waals surface area contributed by atoms with Gasteiger partial charge in [-0.1, -0.05) is 117 Å². The first kappa shape index (κ1) is 112. The first-order chi connectivity index (χ1) is 65.0. The predicted octanol–water partition coefficient (Wildman–Crippen LogP) is 19.9. The second-order valence-electron chi connectivity index (χ2n) is 39.2. The zero-order chi connectivity index (χ0) is 101. The van der Waals surface area contributed by atoms with Gasteiger partial charge in [0.2, 0.25) is 34.8 Å². The molecule has 1 saturated carbocycles. The lowest BCUT2D eigenvalue weighted by Gasteiger charge is -2.37. The Morgan fingerprint density at radius 3 is 0.841 bits per heavy atom. The Labute approximate surface area is 817 Å². The third-order valence-electron chi connectivity index (χ3n) is 27.4. The van der Waals surface area contributed by atoms with Crippen LogP contribution >= 0.6 is 27.5 Å². The number of piperidine rings is 5. The lowest BCUT2D eigenvalue weighted by Crippen LogP contribution is -2.50. The number of likely N-dealkylation sites (tertiary alicyclic amines) is 10. The number of ether oxygens (including phenoxy) is 2. The van der Waals surface area contributed by atoms with Crippen LogP contribution in [0.3, 0.4) is 0 Å². The van der Waals surface area contributed by atoms with E-state index >= 15 is 0 Å². The summed E-state index contributed by atoms with van der Waals surface area (Å²) in [6.07, 6.45) is 6.49. The molecule has 0 aromatic heterocycles. The van der Waals surface area contributed by atoms with Crippen LogP contribution in [0.25, 0.3) is 0 Å². The van der Waals surface area contributed by atoms with E-state index in [0.717, 1.165) is 225 Å². The van der Waals surface area contributed by atoms with Gasteiger partial charge in [-0.2, -0.15) is 52.7 Å². The molecule has 0 bridgehead atoms. The smallest absolute Gasteiger partial charge is 0.416 e. The molecule has 12 atom stereocenters. The van der Waals surface area contributed by atoms with Crippen LogP contribution in [0.4, 0.5) is 62.3 Å². The normalized spacial score (nSPS) is 24.5. The number of fused-ring (bicyclic) bond motifs is 6. The summed E-state index contributed by atoms with van der Waals surface area (Å²) in [5.41, 5.74) is 0.112. The second-order valence-corrected chi connectivity index (χ2v) is 40.2. The van der Waals surface area contributed by atoms with E-state index in [1.165, 1.54) is 74.6 Å². The highest BCUT2D eigenvalue weighted by Crippen LogP contribution is 2.41. The number of hydrogen-bond acceptors (Lipinski definition) is 14. The minimum atomic E-state index is -4.30. The van der Waals surface area contributed by atoms with Crippen LogP contribution in [0.15, 0.2) is 173 Å². The van der Waals surface area contributed by atoms with Crippen LogP contribution in [0.2, 0.25) is 0 Å². The van der Waals surface area contributed by atoms with Crippen molar-refractivity contribution in [3.63, 3.8) is 0 Å². The molecule has 12 aliphatic rings. The third-order valence-corrected chi connectivity index (χ3v) is 28.2. The first-order valence-electron chi connectivity index (χ1n) is 47.6. The van der Waals surface area contributed by atoms with Gasteiger partial charge in [-0.25, -0.2) is 9.59 Å². The molecule has 4 aromatic rings. The summed E-state index contributed by atoms with van der Waals surface area (Å²) in [5, 5.41) is 3.43. The zero-order valence-electron chi connectivity index (χ0n) is 80.0. The van der Waals surface area contributed by atoms with Gasteiger partial charge >= 0.3 is 36.9 Å². The van der Waals surface area contributed by atoms with Gasteiger partial charge in [0.05, 0.1) is 34.3 Å². The van der Waals surface area contributed by atoms with E-state index < -0.39 is 63.4 Å². The van der Waals surface area contributed by atoms with E-state index in [0.29, 0.717) is 93.3 Å². The Morgan fingerprint density at radius 2 is 0.572 bits per heavy atom. The quantitative estimate of drug-likeness (QED) is 0.0574. The molecule has 35 heteroatoms. The molecule has 1 N–H and O–H groups in total. The Morgan fingerprint density at radius 1 is 0.333 bits per heavy atom. The van der Waals surface area contributed by atoms with Gasteiger partial charge in [-0.3, -0.25) is 43.5 Å². The van der Waals surface area contributed by atoms with Crippen molar-refractivity contribution in [3.05, 3.63) is 217 Å². The van der Waals surface area contributed by atoms with E-state index in [4.69, 9.17) is 21.1 Å². The third kappa shape index (κ3) is 33.1. The Kier molecular flexibility index (Phi) is 41.4. The molecule has 138 heavy (non-hydrogen) atoms. The zero-order valence-corrected chi connectivity index (χ0v) is 82.3. The lowest BCUT2D eigenvalue weighted by molar-refractivity contribution is -0.138. The van der Waals surface area contributed by atoms with Gasteiger partial charge in [0, 0.05) is 135 Å². The SMILES string of the molecule is C=CC(=O)Cl.C=CC(=O)N1CC2CCCCC2C1.C=CC(=O)N1CC2CCCN(C(=O)OC(C)(C)C)C2C1.C=CC(=O)N1CC2CCCN(Cc3ccc(C(F)(F)F)cc3)C2C1.C=CC(=O)N1C[C@@H]2CCCN(Cc3ccc(C(F)(F)F)cc3)[C@@H]2C1.C=CC(=O)N1C[C@H]2CCCN(Cc3ccc(C(F)(F)F)cc3)[C@H]2C1.CC(C)(C)OC(=O)N1CCCC2CNCC21.FC(F)(F)c1ccc(CBr)cc1. The van der Waals surface area contributed by atoms with Gasteiger partial charge < -0.3 is 49.1 Å². The van der Waals surface area contributed by atoms with Gasteiger partial charge in [-0.05, 0) is 298 Å². The summed E-state index contributed by atoms with van der Waals surface area (Å²) in [6, 6.07) is 22.5. The van der Waals surface area contributed by atoms with Crippen LogP contribution in [-0.4, -0.2) is 249 Å². The molecule has 11 saturated heterocycles. The van der Waals surface area contributed by atoms with E-state index in [1.54, 1.807) is 46.2 Å². The number of allylic oxidation sites excluding steroid dienone is 1. The standard InChI is InChI=1S/3C18H21F3N2O.C15H24N2O3.C12H22N2O2.C11H17NO.C8H6BrF3.C3H3ClO/c3*1-2-17(24)23-11-14-4-3-9-22(16(14)12-23)10-13-5-7-15(8-6-13)18(19,20)21;1-5-13(18)16-9-11-7-6-8-17(12(11)10-16)14(19)20-15(2,3)4;1-12(2,3)16-11(15)14-6-4-5-9-7-13-8-10(9)14;1-2-11(13)12-7-9-5-3-4-6-10(9)8-12;9-5-6-1-3-7(4-2-6)8(10,11)12;1-2-3(4)5/h3*2,5-8,14,16H,1,3-4,9-12H2;5,11-12H,1,6-10H2,2-4H3;9-10,13H,4-8H2,1-3H3;2,9-10H,1,3-8H2;1-4H,5H2;2H,1H2/t2*14-,16+;;;;;;/m10....../s1. The van der Waals surface area contributed by atoms with E-state index in [1.807, 2.05) is 66.0 Å². The number of halogens is 14. The van der Waals surface area contributed by atoms with Crippen molar-refractivity contribution in [2.24, 2.45) is 41.4 Å². The van der Waals surface area contributed by atoms with Crippen LogP contribution < -0.4 is 5.32 Å². The summed E-state index contributed by atoms with van der Waals surface area (Å²) >= 11 is 7.86. The van der Waals surface area contributed by atoms with Crippen molar-refractivity contribution in [3.8, 4) is 0 Å². The molecule has 0 radical (unpaired) electrons. The van der Waals surface area contributed by atoms with Gasteiger partial charge in [0.15, 0.2) is 0 Å². The number of alkyl halides is 13. The molecular weight excluding hydrogens is 1890 g/mol. The van der Waals surface area contributed by atoms with Crippen LogP contribution in [-0.2, 0) is 87.9 Å². The van der Waals surface area contributed by atoms with Gasteiger partial charge in [0.25, 0.3) is 0 Å². The number of hydrogen-bond donors (Lipinski definition) is 1. The highest BCUT2D eigenvalue weighted by atomic mass is 79.9. The van der Waals surface area contributed by atoms with E-state index in [-0.39, 0.29) is 65.9 Å². The molecule has 11 aliphatic heterocycles. The first-order valence-corrected chi connectivity index (χ1v) is 49.1. The van der Waals surface area contributed by atoms with Crippen molar-refractivity contribution in [1.29, 1.82) is 0 Å². The molecule has 7 amide bonds. The highest BCUT2D eigenvalue weighted by Gasteiger charge is 2.48. The largest absolute Gasteiger partial charge is 0.444 e. The molecular formula is C103H135BrClF12N11O10. The molecule has 760 valence electrons. The molecule has 11 heterocycles. The fraction of sp³-hybridized carbons (Fsp3) is 0.573. The molecule has 4 aromatic carbocycles. The lowest BCUT2D eigenvalue weighted by atomic mass is 9.82. The van der Waals surface area contributed by atoms with Crippen molar-refractivity contribution in [1.82, 2.24) is 54.3 Å². The number of amides is 7. The molecule has 16 rings (SSSR count). The van der Waals surface area contributed by atoms with Crippen molar-refractivity contribution >= 4 is 74.5 Å². The topological polar surface area (TPSA) is 199 Å². The maximum atomic E-state index is 12.7. The number of carbonyl (C=O) groups is 8. The molecule has 1 aliphatic carbocycles. The van der Waals surface area contributed by atoms with Crippen molar-refractivity contribution in [2.45, 2.75) is 223 Å². The number of nitrogens with one attached hydrogen (secondary N) is 1. The van der Waals surface area contributed by atoms with E-state index in [2.05, 4.69) is 75.4 Å². The summed E-state index contributed by atoms with van der Waals surface area (Å²) in [6.45, 7) is 47.8. The monoisotopic (exact) mass is 2030 g/mol.